The molecular weight excluding hydrogens is 223 g/mol. The molecule has 1 aromatic rings. The number of halogens is 1. The molecule has 17 heavy (non-hydrogen) atoms. The van der Waals surface area contributed by atoms with Gasteiger partial charge in [-0.1, -0.05) is 6.92 Å². The molecule has 0 radical (unpaired) electrons. The molecule has 0 saturated heterocycles. The van der Waals surface area contributed by atoms with Crippen molar-refractivity contribution in [3.05, 3.63) is 23.6 Å². The van der Waals surface area contributed by atoms with Crippen molar-refractivity contribution < 1.29 is 14.3 Å². The Hall–Kier alpha value is -1.65. The Kier molecular flexibility index (Phi) is 3.26. The van der Waals surface area contributed by atoms with Gasteiger partial charge in [-0.05, 0) is 31.2 Å². The summed E-state index contributed by atoms with van der Waals surface area (Å²) < 4.78 is 12.9. The van der Waals surface area contributed by atoms with E-state index in [0.29, 0.717) is 5.92 Å². The van der Waals surface area contributed by atoms with Crippen molar-refractivity contribution in [3.63, 3.8) is 0 Å². The highest BCUT2D eigenvalue weighted by Crippen LogP contribution is 2.28. The molecule has 1 heterocycles. The zero-order chi connectivity index (χ0) is 12.4. The maximum Gasteiger partial charge on any atom is 0.339 e. The molecule has 0 spiro atoms. The quantitative estimate of drug-likeness (QED) is 0.849. The number of nitrogens with one attached hydrogen (secondary N) is 1. The number of pyridine rings is 1. The van der Waals surface area contributed by atoms with Gasteiger partial charge in [0.15, 0.2) is 0 Å². The van der Waals surface area contributed by atoms with Gasteiger partial charge in [0.25, 0.3) is 0 Å². The number of carboxylic acid groups (broad SMARTS) is 1. The third-order valence-corrected chi connectivity index (χ3v) is 3.12. The van der Waals surface area contributed by atoms with Crippen molar-refractivity contribution in [2.24, 2.45) is 5.92 Å². The fraction of sp³-hybridized carbons (Fsp3) is 0.500. The van der Waals surface area contributed by atoms with Crippen LogP contribution in [-0.2, 0) is 0 Å². The van der Waals surface area contributed by atoms with E-state index in [1.54, 1.807) is 0 Å². The van der Waals surface area contributed by atoms with Gasteiger partial charge >= 0.3 is 5.97 Å². The number of carbonyl (C=O) groups is 1. The lowest BCUT2D eigenvalue weighted by Gasteiger charge is -2.14. The summed E-state index contributed by atoms with van der Waals surface area (Å²) in [5.74, 6) is -0.891. The summed E-state index contributed by atoms with van der Waals surface area (Å²) in [4.78, 5) is 14.8. The molecule has 5 heteroatoms. The number of carboxylic acids is 1. The van der Waals surface area contributed by atoms with Gasteiger partial charge in [-0.25, -0.2) is 14.2 Å². The maximum absolute atomic E-state index is 12.9. The number of aromatic carboxylic acids is 1. The molecule has 1 aliphatic rings. The van der Waals surface area contributed by atoms with Crippen LogP contribution in [0.1, 0.15) is 36.5 Å². The SMILES string of the molecule is CC1CCC(Nc2ncc(F)cc2C(=O)O)C1. The highest BCUT2D eigenvalue weighted by molar-refractivity contribution is 5.93. The molecule has 1 saturated carbocycles. The Labute approximate surface area is 98.9 Å². The predicted molar refractivity (Wildman–Crippen MR) is 61.6 cm³/mol. The summed E-state index contributed by atoms with van der Waals surface area (Å²) in [6.45, 7) is 2.16. The van der Waals surface area contributed by atoms with Gasteiger partial charge in [-0.3, -0.25) is 0 Å². The van der Waals surface area contributed by atoms with Gasteiger partial charge in [0.05, 0.1) is 6.20 Å². The van der Waals surface area contributed by atoms with E-state index in [1.807, 2.05) is 0 Å². The summed E-state index contributed by atoms with van der Waals surface area (Å²) in [7, 11) is 0. The second-order valence-corrected chi connectivity index (χ2v) is 4.61. The molecule has 1 aliphatic carbocycles. The Bertz CT molecular complexity index is 437. The minimum atomic E-state index is -1.16. The number of hydrogen-bond acceptors (Lipinski definition) is 3. The average molecular weight is 238 g/mol. The molecule has 2 N–H and O–H groups in total. The van der Waals surface area contributed by atoms with Gasteiger partial charge in [0.1, 0.15) is 17.2 Å². The van der Waals surface area contributed by atoms with Crippen molar-refractivity contribution >= 4 is 11.8 Å². The van der Waals surface area contributed by atoms with E-state index >= 15 is 0 Å². The lowest BCUT2D eigenvalue weighted by molar-refractivity contribution is 0.0697. The van der Waals surface area contributed by atoms with Crippen LogP contribution in [0.25, 0.3) is 0 Å². The minimum Gasteiger partial charge on any atom is -0.478 e. The monoisotopic (exact) mass is 238 g/mol. The van der Waals surface area contributed by atoms with E-state index in [9.17, 15) is 9.18 Å². The summed E-state index contributed by atoms with van der Waals surface area (Å²) in [6, 6.07) is 1.23. The maximum atomic E-state index is 12.9. The first-order valence-electron chi connectivity index (χ1n) is 5.71. The van der Waals surface area contributed by atoms with E-state index in [1.165, 1.54) is 0 Å². The number of anilines is 1. The summed E-state index contributed by atoms with van der Waals surface area (Å²) >= 11 is 0. The number of aromatic nitrogens is 1. The first-order chi connectivity index (χ1) is 8.06. The van der Waals surface area contributed by atoms with E-state index in [-0.39, 0.29) is 17.4 Å². The molecule has 4 nitrogen and oxygen atoms in total. The molecular formula is C12H15FN2O2. The van der Waals surface area contributed by atoms with Gasteiger partial charge < -0.3 is 10.4 Å². The molecule has 2 unspecified atom stereocenters. The van der Waals surface area contributed by atoms with Crippen molar-refractivity contribution in [1.29, 1.82) is 0 Å². The first kappa shape index (κ1) is 11.8. The van der Waals surface area contributed by atoms with E-state index in [4.69, 9.17) is 5.11 Å². The lowest BCUT2D eigenvalue weighted by Crippen LogP contribution is -2.19. The molecule has 2 atom stereocenters. The Morgan fingerprint density at radius 2 is 2.35 bits per heavy atom. The molecule has 0 bridgehead atoms. The van der Waals surface area contributed by atoms with Crippen LogP contribution in [0, 0.1) is 11.7 Å². The van der Waals surface area contributed by atoms with Crippen LogP contribution < -0.4 is 5.32 Å². The fourth-order valence-electron chi connectivity index (χ4n) is 2.25. The van der Waals surface area contributed by atoms with Crippen LogP contribution in [0.5, 0.6) is 0 Å². The second-order valence-electron chi connectivity index (χ2n) is 4.61. The van der Waals surface area contributed by atoms with Gasteiger partial charge in [0.2, 0.25) is 0 Å². The largest absolute Gasteiger partial charge is 0.478 e. The van der Waals surface area contributed by atoms with Crippen LogP contribution in [0.4, 0.5) is 10.2 Å². The molecule has 92 valence electrons. The van der Waals surface area contributed by atoms with Gasteiger partial charge in [0, 0.05) is 6.04 Å². The predicted octanol–water partition coefficient (Wildman–Crippen LogP) is 2.52. The van der Waals surface area contributed by atoms with Crippen molar-refractivity contribution in [2.45, 2.75) is 32.2 Å². The highest BCUT2D eigenvalue weighted by atomic mass is 19.1. The van der Waals surface area contributed by atoms with Crippen molar-refractivity contribution in [2.75, 3.05) is 5.32 Å². The molecule has 0 amide bonds. The average Bonchev–Trinajstić information content (AvgIpc) is 2.66. The minimum absolute atomic E-state index is 0.107. The highest BCUT2D eigenvalue weighted by Gasteiger charge is 2.23. The van der Waals surface area contributed by atoms with Gasteiger partial charge in [-0.15, -0.1) is 0 Å². The van der Waals surface area contributed by atoms with Crippen molar-refractivity contribution in [1.82, 2.24) is 4.98 Å². The van der Waals surface area contributed by atoms with Crippen molar-refractivity contribution in [3.8, 4) is 0 Å². The van der Waals surface area contributed by atoms with E-state index in [2.05, 4.69) is 17.2 Å². The number of hydrogen-bond donors (Lipinski definition) is 2. The van der Waals surface area contributed by atoms with E-state index < -0.39 is 11.8 Å². The first-order valence-corrected chi connectivity index (χ1v) is 5.71. The normalized spacial score (nSPS) is 23.6. The zero-order valence-corrected chi connectivity index (χ0v) is 9.61. The smallest absolute Gasteiger partial charge is 0.339 e. The molecule has 0 aliphatic heterocycles. The van der Waals surface area contributed by atoms with Crippen LogP contribution in [0.15, 0.2) is 12.3 Å². The lowest BCUT2D eigenvalue weighted by atomic mass is 10.1. The van der Waals surface area contributed by atoms with E-state index in [0.717, 1.165) is 31.5 Å². The third kappa shape index (κ3) is 2.72. The Morgan fingerprint density at radius 1 is 1.59 bits per heavy atom. The van der Waals surface area contributed by atoms with Gasteiger partial charge in [-0.2, -0.15) is 0 Å². The van der Waals surface area contributed by atoms with Crippen LogP contribution in [0.3, 0.4) is 0 Å². The topological polar surface area (TPSA) is 62.2 Å². The fourth-order valence-corrected chi connectivity index (χ4v) is 2.25. The standard InChI is InChI=1S/C12H15FN2O2/c1-7-2-3-9(4-7)15-11-10(12(16)17)5-8(13)6-14-11/h5-7,9H,2-4H2,1H3,(H,14,15)(H,16,17). The van der Waals surface area contributed by atoms with Crippen LogP contribution in [-0.4, -0.2) is 22.1 Å². The Balaban J connectivity index is 2.17. The zero-order valence-electron chi connectivity index (χ0n) is 9.61. The summed E-state index contributed by atoms with van der Waals surface area (Å²) in [5.41, 5.74) is -0.107. The van der Waals surface area contributed by atoms with Crippen LogP contribution >= 0.6 is 0 Å². The molecule has 0 aromatic carbocycles. The molecule has 1 fully saturated rings. The number of nitrogens with zero attached hydrogens (tertiary/aromatic N) is 1. The molecule has 1 aromatic heterocycles. The second kappa shape index (κ2) is 4.69. The summed E-state index contributed by atoms with van der Waals surface area (Å²) in [6.07, 6.45) is 4.16. The van der Waals surface area contributed by atoms with Crippen LogP contribution in [0.2, 0.25) is 0 Å². The third-order valence-electron chi connectivity index (χ3n) is 3.12. The summed E-state index contributed by atoms with van der Waals surface area (Å²) in [5, 5.41) is 12.1. The number of rotatable bonds is 3. The Morgan fingerprint density at radius 3 is 2.94 bits per heavy atom. The molecule has 2 rings (SSSR count).